The molecule has 0 aliphatic heterocycles. The fourth-order valence-corrected chi connectivity index (χ4v) is 2.26. The van der Waals surface area contributed by atoms with Crippen LogP contribution >= 0.6 is 0 Å². The minimum Gasteiger partial charge on any atom is -0.507 e. The third-order valence-corrected chi connectivity index (χ3v) is 3.44. The molecule has 4 N–H and O–H groups in total. The molecule has 0 atom stereocenters. The monoisotopic (exact) mass is 290 g/mol. The van der Waals surface area contributed by atoms with Gasteiger partial charge in [0.15, 0.2) is 5.78 Å². The van der Waals surface area contributed by atoms with E-state index in [1.165, 1.54) is 12.1 Å². The molecule has 21 heavy (non-hydrogen) atoms. The molecule has 2 aromatic rings. The zero-order chi connectivity index (χ0) is 15.7. The fourth-order valence-electron chi connectivity index (χ4n) is 2.26. The number of carbonyl (C=O) groups excluding carboxylic acids is 1. The first-order valence-corrected chi connectivity index (χ1v) is 6.75. The van der Waals surface area contributed by atoms with Crippen LogP contribution in [0.2, 0.25) is 0 Å². The summed E-state index contributed by atoms with van der Waals surface area (Å²) in [5.74, 6) is -1.36. The van der Waals surface area contributed by atoms with Crippen LogP contribution in [0.25, 0.3) is 10.8 Å². The first kappa shape index (κ1) is 15.0. The lowest BCUT2D eigenvalue weighted by molar-refractivity contribution is 0.0972. The van der Waals surface area contributed by atoms with Gasteiger partial charge in [-0.1, -0.05) is 13.8 Å². The van der Waals surface area contributed by atoms with Crippen LogP contribution in [0, 0.1) is 5.92 Å². The maximum atomic E-state index is 12.1. The topological polar surface area (TPSA) is 98.0 Å². The maximum Gasteiger partial charge on any atom is 0.166 e. The predicted octanol–water partition coefficient (Wildman–Crippen LogP) is 3.28. The van der Waals surface area contributed by atoms with Crippen LogP contribution in [0.4, 0.5) is 0 Å². The van der Waals surface area contributed by atoms with Gasteiger partial charge in [-0.05, 0) is 30.5 Å². The van der Waals surface area contributed by atoms with Gasteiger partial charge in [0.25, 0.3) is 0 Å². The van der Waals surface area contributed by atoms with Crippen LogP contribution in [0.1, 0.15) is 37.0 Å². The SMILES string of the molecule is CC(C)CCC(=O)c1cc(O)c2c(O)ccc(O)c2c1O. The standard InChI is InChI=1S/C16H18O5/c1-8(2)3-4-10(17)9-7-13(20)14-11(18)5-6-12(19)15(14)16(9)21/h5-8,18-21H,3-4H2,1-2H3. The van der Waals surface area contributed by atoms with Gasteiger partial charge in [0.2, 0.25) is 0 Å². The van der Waals surface area contributed by atoms with Crippen molar-refractivity contribution in [2.24, 2.45) is 5.92 Å². The van der Waals surface area contributed by atoms with E-state index in [1.807, 2.05) is 13.8 Å². The first-order valence-electron chi connectivity index (χ1n) is 6.75. The Labute approximate surface area is 122 Å². The van der Waals surface area contributed by atoms with Crippen LogP contribution in [0.5, 0.6) is 23.0 Å². The molecule has 0 aliphatic rings. The smallest absolute Gasteiger partial charge is 0.166 e. The summed E-state index contributed by atoms with van der Waals surface area (Å²) >= 11 is 0. The highest BCUT2D eigenvalue weighted by atomic mass is 16.3. The lowest BCUT2D eigenvalue weighted by Gasteiger charge is -2.12. The number of ketones is 1. The van der Waals surface area contributed by atoms with Gasteiger partial charge in [-0.2, -0.15) is 0 Å². The Hall–Kier alpha value is -2.43. The zero-order valence-corrected chi connectivity index (χ0v) is 11.9. The van der Waals surface area contributed by atoms with E-state index in [0.717, 1.165) is 6.07 Å². The number of aromatic hydroxyl groups is 4. The van der Waals surface area contributed by atoms with Crippen LogP contribution in [0.3, 0.4) is 0 Å². The predicted molar refractivity (Wildman–Crippen MR) is 79.0 cm³/mol. The highest BCUT2D eigenvalue weighted by molar-refractivity contribution is 6.10. The summed E-state index contributed by atoms with van der Waals surface area (Å²) in [4.78, 5) is 12.1. The summed E-state index contributed by atoms with van der Waals surface area (Å²) in [6.45, 7) is 3.96. The van der Waals surface area contributed by atoms with Crippen LogP contribution < -0.4 is 0 Å². The molecule has 0 spiro atoms. The molecule has 0 aliphatic carbocycles. The molecule has 0 amide bonds. The summed E-state index contributed by atoms with van der Waals surface area (Å²) in [5.41, 5.74) is -0.0541. The highest BCUT2D eigenvalue weighted by Gasteiger charge is 2.21. The molecule has 0 bridgehead atoms. The number of hydrogen-bond acceptors (Lipinski definition) is 5. The minimum atomic E-state index is -0.426. The molecule has 0 radical (unpaired) electrons. The van der Waals surface area contributed by atoms with Crippen molar-refractivity contribution < 1.29 is 25.2 Å². The van der Waals surface area contributed by atoms with E-state index in [-0.39, 0.29) is 45.8 Å². The van der Waals surface area contributed by atoms with E-state index < -0.39 is 5.75 Å². The number of rotatable bonds is 4. The Balaban J connectivity index is 2.60. The Morgan fingerprint density at radius 3 is 2.14 bits per heavy atom. The zero-order valence-electron chi connectivity index (χ0n) is 11.9. The molecule has 0 heterocycles. The van der Waals surface area contributed by atoms with Crippen molar-refractivity contribution >= 4 is 16.6 Å². The van der Waals surface area contributed by atoms with Crippen molar-refractivity contribution in [3.63, 3.8) is 0 Å². The van der Waals surface area contributed by atoms with Crippen LogP contribution in [0.15, 0.2) is 18.2 Å². The van der Waals surface area contributed by atoms with E-state index >= 15 is 0 Å². The van der Waals surface area contributed by atoms with E-state index in [4.69, 9.17) is 0 Å². The Morgan fingerprint density at radius 1 is 1.00 bits per heavy atom. The van der Waals surface area contributed by atoms with Gasteiger partial charge < -0.3 is 20.4 Å². The summed E-state index contributed by atoms with van der Waals surface area (Å²) < 4.78 is 0. The normalized spacial score (nSPS) is 11.2. The van der Waals surface area contributed by atoms with Crippen molar-refractivity contribution in [3.8, 4) is 23.0 Å². The molecular formula is C16H18O5. The molecular weight excluding hydrogens is 272 g/mol. The third kappa shape index (κ3) is 2.72. The molecule has 5 nitrogen and oxygen atoms in total. The van der Waals surface area contributed by atoms with Gasteiger partial charge >= 0.3 is 0 Å². The molecule has 0 saturated carbocycles. The Morgan fingerprint density at radius 2 is 1.57 bits per heavy atom. The summed E-state index contributed by atoms with van der Waals surface area (Å²) in [7, 11) is 0. The molecule has 2 aromatic carbocycles. The number of carbonyl (C=O) groups is 1. The largest absolute Gasteiger partial charge is 0.507 e. The number of benzene rings is 2. The second kappa shape index (κ2) is 5.52. The third-order valence-electron chi connectivity index (χ3n) is 3.44. The van der Waals surface area contributed by atoms with Crippen molar-refractivity contribution in [2.75, 3.05) is 0 Å². The highest BCUT2D eigenvalue weighted by Crippen LogP contribution is 2.44. The molecule has 0 fully saturated rings. The van der Waals surface area contributed by atoms with Crippen LogP contribution in [-0.2, 0) is 0 Å². The number of phenols is 4. The summed E-state index contributed by atoms with van der Waals surface area (Å²) in [6, 6.07) is 3.52. The lowest BCUT2D eigenvalue weighted by Crippen LogP contribution is -2.02. The molecule has 0 saturated heterocycles. The number of fused-ring (bicyclic) bond motifs is 1. The fraction of sp³-hybridized carbons (Fsp3) is 0.312. The number of Topliss-reactive ketones (excluding diaryl/α,β-unsaturated/α-hetero) is 1. The average molecular weight is 290 g/mol. The molecule has 0 aromatic heterocycles. The number of phenolic OH excluding ortho intramolecular Hbond substituents is 4. The van der Waals surface area contributed by atoms with Gasteiger partial charge in [-0.3, -0.25) is 4.79 Å². The van der Waals surface area contributed by atoms with E-state index in [1.54, 1.807) is 0 Å². The Kier molecular flexibility index (Phi) is 3.93. The van der Waals surface area contributed by atoms with E-state index in [0.29, 0.717) is 12.3 Å². The maximum absolute atomic E-state index is 12.1. The lowest BCUT2D eigenvalue weighted by atomic mass is 9.96. The van der Waals surface area contributed by atoms with Crippen molar-refractivity contribution in [2.45, 2.75) is 26.7 Å². The quantitative estimate of drug-likeness (QED) is 0.511. The van der Waals surface area contributed by atoms with Crippen molar-refractivity contribution in [1.29, 1.82) is 0 Å². The molecule has 0 unspecified atom stereocenters. The number of hydrogen-bond donors (Lipinski definition) is 4. The second-order valence-electron chi connectivity index (χ2n) is 5.50. The molecule has 112 valence electrons. The van der Waals surface area contributed by atoms with E-state index in [2.05, 4.69) is 0 Å². The van der Waals surface area contributed by atoms with Gasteiger partial charge in [-0.15, -0.1) is 0 Å². The van der Waals surface area contributed by atoms with Gasteiger partial charge in [0.1, 0.15) is 23.0 Å². The minimum absolute atomic E-state index is 0.0541. The molecule has 2 rings (SSSR count). The Bertz CT molecular complexity index is 704. The summed E-state index contributed by atoms with van der Waals surface area (Å²) in [6.07, 6.45) is 0.888. The van der Waals surface area contributed by atoms with Gasteiger partial charge in [-0.25, -0.2) is 0 Å². The van der Waals surface area contributed by atoms with Crippen LogP contribution in [-0.4, -0.2) is 26.2 Å². The molecule has 5 heteroatoms. The second-order valence-corrected chi connectivity index (χ2v) is 5.50. The van der Waals surface area contributed by atoms with Crippen molar-refractivity contribution in [1.82, 2.24) is 0 Å². The van der Waals surface area contributed by atoms with E-state index in [9.17, 15) is 25.2 Å². The van der Waals surface area contributed by atoms with Gasteiger partial charge in [0.05, 0.1) is 16.3 Å². The van der Waals surface area contributed by atoms with Crippen molar-refractivity contribution in [3.05, 3.63) is 23.8 Å². The first-order chi connectivity index (χ1) is 9.82. The average Bonchev–Trinajstić information content (AvgIpc) is 2.42. The van der Waals surface area contributed by atoms with Gasteiger partial charge in [0, 0.05) is 6.42 Å². The summed E-state index contributed by atoms with van der Waals surface area (Å²) in [5, 5.41) is 39.6.